The first-order valence-electron chi connectivity index (χ1n) is 12.9. The molecule has 0 saturated heterocycles. The van der Waals surface area contributed by atoms with Gasteiger partial charge in [-0.25, -0.2) is 4.79 Å². The number of alkyl carbamates (subject to hydrolysis) is 1. The van der Waals surface area contributed by atoms with E-state index >= 15 is 0 Å². The third kappa shape index (κ3) is 9.71. The summed E-state index contributed by atoms with van der Waals surface area (Å²) in [7, 11) is 0. The minimum atomic E-state index is -0.900. The number of carbonyl (C=O) groups excluding carboxylic acids is 3. The molecule has 0 saturated carbocycles. The Morgan fingerprint density at radius 2 is 1.63 bits per heavy atom. The predicted octanol–water partition coefficient (Wildman–Crippen LogP) is 5.63. The van der Waals surface area contributed by atoms with E-state index in [4.69, 9.17) is 4.74 Å². The number of amides is 3. The molecule has 2 aromatic carbocycles. The summed E-state index contributed by atoms with van der Waals surface area (Å²) in [5.74, 6) is 0.0295. The zero-order valence-corrected chi connectivity index (χ0v) is 24.8. The predicted molar refractivity (Wildman–Crippen MR) is 155 cm³/mol. The Kier molecular flexibility index (Phi) is 11.2. The Morgan fingerprint density at radius 1 is 0.974 bits per heavy atom. The van der Waals surface area contributed by atoms with E-state index in [2.05, 4.69) is 10.6 Å². The quantitative estimate of drug-likeness (QED) is 0.407. The summed E-state index contributed by atoms with van der Waals surface area (Å²) >= 11 is 1.58. The van der Waals surface area contributed by atoms with Gasteiger partial charge in [0.1, 0.15) is 17.7 Å². The number of nitrogens with zero attached hydrogens (tertiary/aromatic N) is 1. The number of nitrogens with one attached hydrogen (secondary N) is 2. The van der Waals surface area contributed by atoms with Crippen molar-refractivity contribution in [3.63, 3.8) is 0 Å². The first-order valence-corrected chi connectivity index (χ1v) is 14.3. The van der Waals surface area contributed by atoms with Crippen molar-refractivity contribution in [2.45, 2.75) is 84.7 Å². The smallest absolute Gasteiger partial charge is 0.408 e. The van der Waals surface area contributed by atoms with Crippen LogP contribution in [-0.2, 0) is 20.9 Å². The van der Waals surface area contributed by atoms with E-state index in [0.717, 1.165) is 11.1 Å². The molecule has 38 heavy (non-hydrogen) atoms. The summed E-state index contributed by atoms with van der Waals surface area (Å²) in [4.78, 5) is 42.4. The van der Waals surface area contributed by atoms with Crippen LogP contribution >= 0.6 is 11.8 Å². The summed E-state index contributed by atoms with van der Waals surface area (Å²) in [6.07, 6.45) is 1.69. The van der Waals surface area contributed by atoms with Gasteiger partial charge >= 0.3 is 6.09 Å². The van der Waals surface area contributed by atoms with E-state index in [1.54, 1.807) is 37.4 Å². The van der Waals surface area contributed by atoms with E-state index in [-0.39, 0.29) is 11.8 Å². The lowest BCUT2D eigenvalue weighted by Gasteiger charge is -2.43. The van der Waals surface area contributed by atoms with Gasteiger partial charge in [0.25, 0.3) is 0 Å². The SMILES string of the molecule is CSCCC(NC(=O)OC(C)(C)C)C(=O)N(C(C(=O)NCc1ccccc1)c1cccc(C)c1)C(C)(C)C. The monoisotopic (exact) mass is 541 g/mol. The number of carbonyl (C=O) groups is 3. The van der Waals surface area contributed by atoms with Crippen LogP contribution in [0.15, 0.2) is 54.6 Å². The van der Waals surface area contributed by atoms with Gasteiger partial charge < -0.3 is 20.3 Å². The topological polar surface area (TPSA) is 87.7 Å². The Balaban J connectivity index is 2.49. The van der Waals surface area contributed by atoms with Gasteiger partial charge in [0, 0.05) is 12.1 Å². The summed E-state index contributed by atoms with van der Waals surface area (Å²) in [5.41, 5.74) is 1.21. The lowest BCUT2D eigenvalue weighted by Crippen LogP contribution is -2.58. The maximum absolute atomic E-state index is 14.2. The molecule has 0 aliphatic heterocycles. The molecule has 2 N–H and O–H groups in total. The van der Waals surface area contributed by atoms with E-state index in [1.165, 1.54) is 0 Å². The molecule has 0 bridgehead atoms. The molecule has 208 valence electrons. The van der Waals surface area contributed by atoms with Crippen LogP contribution in [0.3, 0.4) is 0 Å². The van der Waals surface area contributed by atoms with Crippen LogP contribution in [0, 0.1) is 6.92 Å². The minimum absolute atomic E-state index is 0.288. The van der Waals surface area contributed by atoms with Crippen molar-refractivity contribution in [3.05, 3.63) is 71.3 Å². The standard InChI is InChI=1S/C30H43N3O4S/c1-21-13-12-16-23(19-21)25(26(34)31-20-22-14-10-9-11-15-22)33(29(2,3)4)27(35)24(17-18-38-8)32-28(36)37-30(5,6)7/h9-16,19,24-25H,17-18,20H2,1-8H3,(H,31,34)(H,32,36). The normalized spacial score (nSPS) is 13.3. The number of benzene rings is 2. The number of ether oxygens (including phenoxy) is 1. The van der Waals surface area contributed by atoms with Crippen LogP contribution in [0.5, 0.6) is 0 Å². The Morgan fingerprint density at radius 3 is 2.18 bits per heavy atom. The molecule has 3 amide bonds. The fourth-order valence-electron chi connectivity index (χ4n) is 4.10. The molecule has 0 fully saturated rings. The maximum atomic E-state index is 14.2. The van der Waals surface area contributed by atoms with Crippen molar-refractivity contribution in [2.75, 3.05) is 12.0 Å². The van der Waals surface area contributed by atoms with Crippen molar-refractivity contribution < 1.29 is 19.1 Å². The first-order chi connectivity index (χ1) is 17.7. The number of hydrogen-bond acceptors (Lipinski definition) is 5. The van der Waals surface area contributed by atoms with Gasteiger partial charge in [-0.15, -0.1) is 0 Å². The highest BCUT2D eigenvalue weighted by Gasteiger charge is 2.41. The molecule has 2 rings (SSSR count). The summed E-state index contributed by atoms with van der Waals surface area (Å²) in [6.45, 7) is 13.3. The molecule has 0 aliphatic rings. The van der Waals surface area contributed by atoms with Crippen LogP contribution in [0.2, 0.25) is 0 Å². The second-order valence-corrected chi connectivity index (χ2v) is 12.4. The van der Waals surface area contributed by atoms with Crippen LogP contribution < -0.4 is 10.6 Å². The summed E-state index contributed by atoms with van der Waals surface area (Å²) in [5, 5.41) is 5.81. The van der Waals surface area contributed by atoms with Gasteiger partial charge in [0.2, 0.25) is 11.8 Å². The fraction of sp³-hybridized carbons (Fsp3) is 0.500. The highest BCUT2D eigenvalue weighted by atomic mass is 32.2. The molecule has 7 nitrogen and oxygen atoms in total. The van der Waals surface area contributed by atoms with Gasteiger partial charge in [-0.3, -0.25) is 9.59 Å². The zero-order valence-electron chi connectivity index (χ0n) is 24.0. The Bertz CT molecular complexity index is 1080. The van der Waals surface area contributed by atoms with Gasteiger partial charge in [0.05, 0.1) is 0 Å². The number of thioether (sulfide) groups is 1. The van der Waals surface area contributed by atoms with Crippen LogP contribution in [0.1, 0.15) is 70.7 Å². The zero-order chi connectivity index (χ0) is 28.5. The summed E-state index contributed by atoms with van der Waals surface area (Å²) in [6, 6.07) is 15.5. The Hall–Kier alpha value is -3.00. The molecule has 0 heterocycles. The third-order valence-electron chi connectivity index (χ3n) is 5.73. The van der Waals surface area contributed by atoms with E-state index in [9.17, 15) is 14.4 Å². The first kappa shape index (κ1) is 31.2. The highest BCUT2D eigenvalue weighted by molar-refractivity contribution is 7.98. The molecule has 0 aliphatic carbocycles. The lowest BCUT2D eigenvalue weighted by molar-refractivity contribution is -0.148. The van der Waals surface area contributed by atoms with E-state index in [0.29, 0.717) is 24.3 Å². The molecule has 2 aromatic rings. The van der Waals surface area contributed by atoms with Crippen molar-refractivity contribution in [3.8, 4) is 0 Å². The number of rotatable bonds is 10. The third-order valence-corrected chi connectivity index (χ3v) is 6.38. The molecular weight excluding hydrogens is 498 g/mol. The van der Waals surface area contributed by atoms with Crippen LogP contribution in [-0.4, -0.2) is 52.0 Å². The van der Waals surface area contributed by atoms with Crippen molar-refractivity contribution in [1.82, 2.24) is 15.5 Å². The average molecular weight is 542 g/mol. The Labute approximate surface area is 232 Å². The number of aryl methyl sites for hydroxylation is 1. The minimum Gasteiger partial charge on any atom is -0.444 e. The van der Waals surface area contributed by atoms with Gasteiger partial charge in [-0.1, -0.05) is 60.2 Å². The van der Waals surface area contributed by atoms with E-state index in [1.807, 2.05) is 88.5 Å². The molecule has 0 spiro atoms. The second-order valence-electron chi connectivity index (χ2n) is 11.4. The number of hydrogen-bond donors (Lipinski definition) is 2. The highest BCUT2D eigenvalue weighted by Crippen LogP contribution is 2.31. The molecule has 0 radical (unpaired) electrons. The molecule has 2 unspecified atom stereocenters. The van der Waals surface area contributed by atoms with Crippen LogP contribution in [0.4, 0.5) is 4.79 Å². The molecule has 0 aromatic heterocycles. The molecular formula is C30H43N3O4S. The van der Waals surface area contributed by atoms with Crippen molar-refractivity contribution in [2.24, 2.45) is 0 Å². The maximum Gasteiger partial charge on any atom is 0.408 e. The second kappa shape index (κ2) is 13.7. The largest absolute Gasteiger partial charge is 0.444 e. The van der Waals surface area contributed by atoms with Crippen molar-refractivity contribution >= 4 is 29.7 Å². The van der Waals surface area contributed by atoms with E-state index < -0.39 is 29.3 Å². The van der Waals surface area contributed by atoms with Crippen LogP contribution in [0.25, 0.3) is 0 Å². The van der Waals surface area contributed by atoms with Gasteiger partial charge in [0.15, 0.2) is 0 Å². The summed E-state index contributed by atoms with van der Waals surface area (Å²) < 4.78 is 5.45. The average Bonchev–Trinajstić information content (AvgIpc) is 2.81. The molecule has 2 atom stereocenters. The lowest BCUT2D eigenvalue weighted by atomic mass is 9.94. The molecule has 8 heteroatoms. The van der Waals surface area contributed by atoms with Gasteiger partial charge in [-0.05, 0) is 78.0 Å². The van der Waals surface area contributed by atoms with Gasteiger partial charge in [-0.2, -0.15) is 11.8 Å². The fourth-order valence-corrected chi connectivity index (χ4v) is 4.57. The van der Waals surface area contributed by atoms with Crippen molar-refractivity contribution in [1.29, 1.82) is 0 Å².